The summed E-state index contributed by atoms with van der Waals surface area (Å²) in [6.07, 6.45) is 78.8. The Morgan fingerprint density at radius 1 is 0.419 bits per heavy atom. The summed E-state index contributed by atoms with van der Waals surface area (Å²) in [7, 11) is 0. The maximum atomic E-state index is 13.5. The molecule has 0 aromatic rings. The van der Waals surface area contributed by atoms with E-state index in [4.69, 9.17) is 14.2 Å². The van der Waals surface area contributed by atoms with E-state index >= 15 is 0 Å². The summed E-state index contributed by atoms with van der Waals surface area (Å²) in [5.74, 6) is -1.17. The van der Waals surface area contributed by atoms with E-state index in [0.29, 0.717) is 19.3 Å². The van der Waals surface area contributed by atoms with Gasteiger partial charge in [0.25, 0.3) is 0 Å². The van der Waals surface area contributed by atoms with Gasteiger partial charge in [0.05, 0.1) is 25.4 Å². The average Bonchev–Trinajstić information content (AvgIpc) is 0.844. The molecule has 0 aliphatic carbocycles. The fourth-order valence-electron chi connectivity index (χ4n) is 12.9. The number of unbranched alkanes of at least 4 members (excludes halogenated alkanes) is 51. The molecule has 0 radical (unpaired) electrons. The van der Waals surface area contributed by atoms with Crippen LogP contribution in [0.15, 0.2) is 48.6 Å². The van der Waals surface area contributed by atoms with E-state index in [-0.39, 0.29) is 13.0 Å². The minimum absolute atomic E-state index is 0.125. The van der Waals surface area contributed by atoms with E-state index in [2.05, 4.69) is 62.5 Å². The third-order valence-electron chi connectivity index (χ3n) is 19.2. The van der Waals surface area contributed by atoms with Crippen molar-refractivity contribution in [2.75, 3.05) is 13.2 Å². The minimum atomic E-state index is -1.61. The Labute approximate surface area is 574 Å². The van der Waals surface area contributed by atoms with Crippen LogP contribution >= 0.6 is 0 Å². The number of ether oxygens (including phenoxy) is 3. The number of nitrogens with one attached hydrogen (secondary N) is 1. The molecule has 0 spiro atoms. The average molecular weight is 1310 g/mol. The van der Waals surface area contributed by atoms with E-state index in [1.54, 1.807) is 6.08 Å². The molecule has 8 unspecified atom stereocenters. The highest BCUT2D eigenvalue weighted by molar-refractivity contribution is 5.80. The predicted molar refractivity (Wildman–Crippen MR) is 394 cm³/mol. The van der Waals surface area contributed by atoms with Crippen LogP contribution in [-0.4, -0.2) is 99.6 Å². The van der Waals surface area contributed by atoms with Crippen molar-refractivity contribution >= 4 is 11.9 Å². The summed E-state index contributed by atoms with van der Waals surface area (Å²) in [6, 6.07) is -1.02. The SMILES string of the molecule is CCCCC/C=C\C/C=C\C/C=C\CCCCCCCCCCCCCCCCC(=O)OC1C(OCC(NC(=O)C(O)CCCCCCCCCCCCCCCCCCCCCCCCCC)C(O)/C=C/CCCCCCCCCCCCC)OC(CO)C(O)C1O. The first kappa shape index (κ1) is 88.6. The van der Waals surface area contributed by atoms with Crippen LogP contribution in [0.1, 0.15) is 400 Å². The number of hydrogen-bond donors (Lipinski definition) is 6. The second-order valence-electron chi connectivity index (χ2n) is 28.2. The molecular weight excluding hydrogens is 1160 g/mol. The van der Waals surface area contributed by atoms with Gasteiger partial charge in [0.15, 0.2) is 12.4 Å². The molecule has 11 nitrogen and oxygen atoms in total. The standard InChI is InChI=1S/C82H153NO10/c1-4-7-10-13-16-19-22-25-27-29-31-33-35-37-38-39-41-43-45-47-49-52-55-58-61-64-67-70-77(87)93-80-79(89)78(88)76(71-84)92-82(80)91-72-73(74(85)68-65-62-59-56-53-50-24-21-18-15-12-9-6-3)83-81(90)75(86)69-66-63-60-57-54-51-48-46-44-42-40-36-34-32-30-28-26-23-20-17-14-11-8-5-2/h16,19,25,27,31,33,65,68,73-76,78-80,82,84-86,88-89H,4-15,17-18,20-24,26,28-30,32,34-64,66-67,69-72H2,1-3H3,(H,83,90)/b19-16-,27-25-,33-31-,68-65+. The maximum Gasteiger partial charge on any atom is 0.306 e. The van der Waals surface area contributed by atoms with Crippen molar-refractivity contribution in [3.63, 3.8) is 0 Å². The van der Waals surface area contributed by atoms with Crippen LogP contribution in [0.2, 0.25) is 0 Å². The summed E-state index contributed by atoms with van der Waals surface area (Å²) in [5.41, 5.74) is 0. The van der Waals surface area contributed by atoms with E-state index < -0.39 is 67.4 Å². The largest absolute Gasteiger partial charge is 0.454 e. The summed E-state index contributed by atoms with van der Waals surface area (Å²) in [4.78, 5) is 26.8. The summed E-state index contributed by atoms with van der Waals surface area (Å²) in [6.45, 7) is 5.84. The van der Waals surface area contributed by atoms with Crippen molar-refractivity contribution in [2.24, 2.45) is 0 Å². The highest BCUT2D eigenvalue weighted by Crippen LogP contribution is 2.27. The molecule has 1 aliphatic rings. The number of esters is 1. The monoisotopic (exact) mass is 1310 g/mol. The van der Waals surface area contributed by atoms with Gasteiger partial charge in [0.2, 0.25) is 5.91 Å². The zero-order valence-electron chi connectivity index (χ0n) is 61.1. The number of amides is 1. The van der Waals surface area contributed by atoms with Gasteiger partial charge in [-0.1, -0.05) is 378 Å². The molecule has 0 bridgehead atoms. The molecule has 0 saturated carbocycles. The highest BCUT2D eigenvalue weighted by Gasteiger charge is 2.47. The molecule has 6 N–H and O–H groups in total. The van der Waals surface area contributed by atoms with Crippen LogP contribution < -0.4 is 5.32 Å². The third kappa shape index (κ3) is 56.2. The first-order chi connectivity index (χ1) is 45.7. The van der Waals surface area contributed by atoms with Crippen molar-refractivity contribution < 1.29 is 49.3 Å². The van der Waals surface area contributed by atoms with Crippen LogP contribution in [0.25, 0.3) is 0 Å². The number of carbonyl (C=O) groups is 2. The summed E-state index contributed by atoms with van der Waals surface area (Å²) in [5, 5.41) is 57.5. The number of hydrogen-bond acceptors (Lipinski definition) is 10. The van der Waals surface area contributed by atoms with Gasteiger partial charge in [0.1, 0.15) is 24.4 Å². The van der Waals surface area contributed by atoms with Crippen molar-refractivity contribution in [1.82, 2.24) is 5.32 Å². The maximum absolute atomic E-state index is 13.5. The molecule has 1 fully saturated rings. The van der Waals surface area contributed by atoms with Gasteiger partial charge in [-0.3, -0.25) is 9.59 Å². The lowest BCUT2D eigenvalue weighted by molar-refractivity contribution is -0.305. The second-order valence-corrected chi connectivity index (χ2v) is 28.2. The van der Waals surface area contributed by atoms with Gasteiger partial charge in [-0.25, -0.2) is 0 Å². The summed E-state index contributed by atoms with van der Waals surface area (Å²) < 4.78 is 17.8. The number of aliphatic hydroxyl groups excluding tert-OH is 5. The molecule has 8 atom stereocenters. The van der Waals surface area contributed by atoms with Gasteiger partial charge in [-0.15, -0.1) is 0 Å². The molecule has 1 aliphatic heterocycles. The van der Waals surface area contributed by atoms with Crippen molar-refractivity contribution in [1.29, 1.82) is 0 Å². The van der Waals surface area contributed by atoms with Gasteiger partial charge in [0, 0.05) is 6.42 Å². The third-order valence-corrected chi connectivity index (χ3v) is 19.2. The Morgan fingerprint density at radius 2 is 0.742 bits per heavy atom. The quantitative estimate of drug-likeness (QED) is 0.0195. The second kappa shape index (κ2) is 69.5. The van der Waals surface area contributed by atoms with Crippen LogP contribution in [0.5, 0.6) is 0 Å². The van der Waals surface area contributed by atoms with E-state index in [9.17, 15) is 35.1 Å². The topological polar surface area (TPSA) is 175 Å². The Kier molecular flexibility index (Phi) is 66.3. The Balaban J connectivity index is 2.49. The first-order valence-corrected chi connectivity index (χ1v) is 40.4. The van der Waals surface area contributed by atoms with Crippen LogP contribution in [0.3, 0.4) is 0 Å². The van der Waals surface area contributed by atoms with Crippen LogP contribution in [-0.2, 0) is 23.8 Å². The van der Waals surface area contributed by atoms with Gasteiger partial charge in [-0.2, -0.15) is 0 Å². The lowest BCUT2D eigenvalue weighted by atomic mass is 9.99. The molecule has 1 amide bonds. The van der Waals surface area contributed by atoms with Crippen LogP contribution in [0, 0.1) is 0 Å². The number of allylic oxidation sites excluding steroid dienone is 7. The molecular formula is C82H153NO10. The zero-order chi connectivity index (χ0) is 67.4. The van der Waals surface area contributed by atoms with Gasteiger partial charge < -0.3 is 45.1 Å². The Morgan fingerprint density at radius 3 is 1.13 bits per heavy atom. The lowest BCUT2D eigenvalue weighted by Gasteiger charge is -2.41. The van der Waals surface area contributed by atoms with E-state index in [1.165, 1.54) is 283 Å². The van der Waals surface area contributed by atoms with Gasteiger partial charge >= 0.3 is 5.97 Å². The number of carbonyl (C=O) groups excluding carboxylic acids is 2. The Hall–Kier alpha value is -2.38. The summed E-state index contributed by atoms with van der Waals surface area (Å²) >= 11 is 0. The molecule has 1 rings (SSSR count). The molecule has 0 aromatic heterocycles. The number of aliphatic hydroxyl groups is 5. The lowest BCUT2D eigenvalue weighted by Crippen LogP contribution is -2.61. The number of rotatable bonds is 71. The normalized spacial score (nSPS) is 18.0. The molecule has 11 heteroatoms. The Bertz CT molecular complexity index is 1700. The fourth-order valence-corrected chi connectivity index (χ4v) is 12.9. The molecule has 1 saturated heterocycles. The van der Waals surface area contributed by atoms with E-state index in [0.717, 1.165) is 70.6 Å². The van der Waals surface area contributed by atoms with Crippen molar-refractivity contribution in [3.05, 3.63) is 48.6 Å². The smallest absolute Gasteiger partial charge is 0.306 e. The highest BCUT2D eigenvalue weighted by atomic mass is 16.7. The molecule has 1 heterocycles. The van der Waals surface area contributed by atoms with Crippen molar-refractivity contribution in [3.8, 4) is 0 Å². The first-order valence-electron chi connectivity index (χ1n) is 40.4. The van der Waals surface area contributed by atoms with E-state index in [1.807, 2.05) is 6.08 Å². The molecule has 93 heavy (non-hydrogen) atoms. The zero-order valence-corrected chi connectivity index (χ0v) is 61.1. The predicted octanol–water partition coefficient (Wildman–Crippen LogP) is 21.9. The molecule has 0 aromatic carbocycles. The fraction of sp³-hybridized carbons (Fsp3) is 0.878. The van der Waals surface area contributed by atoms with Gasteiger partial charge in [-0.05, 0) is 64.2 Å². The molecule has 546 valence electrons. The minimum Gasteiger partial charge on any atom is -0.454 e. The van der Waals surface area contributed by atoms with Crippen molar-refractivity contribution in [2.45, 2.75) is 449 Å². The van der Waals surface area contributed by atoms with Crippen LogP contribution in [0.4, 0.5) is 0 Å².